The molecule has 7 heteroatoms. The van der Waals surface area contributed by atoms with Crippen LogP contribution in [0.2, 0.25) is 0 Å². The number of nitrogens with one attached hydrogen (secondary N) is 1. The van der Waals surface area contributed by atoms with Gasteiger partial charge in [0.05, 0.1) is 17.2 Å². The van der Waals surface area contributed by atoms with Crippen molar-refractivity contribution in [3.63, 3.8) is 0 Å². The first-order valence-electron chi connectivity index (χ1n) is 10.4. The van der Waals surface area contributed by atoms with Crippen molar-refractivity contribution in [3.05, 3.63) is 75.7 Å². The predicted molar refractivity (Wildman–Crippen MR) is 113 cm³/mol. The zero-order chi connectivity index (χ0) is 21.1. The Morgan fingerprint density at radius 1 is 1.10 bits per heavy atom. The van der Waals surface area contributed by atoms with E-state index in [1.165, 1.54) is 18.3 Å². The van der Waals surface area contributed by atoms with Gasteiger partial charge in [0.1, 0.15) is 11.6 Å². The minimum absolute atomic E-state index is 0.164. The summed E-state index contributed by atoms with van der Waals surface area (Å²) in [5.41, 5.74) is 2.55. The number of hydrogen-bond acceptors (Lipinski definition) is 4. The predicted octanol–water partition coefficient (Wildman–Crippen LogP) is 3.24. The average molecular weight is 412 g/mol. The molecule has 1 aromatic heterocycles. The topological polar surface area (TPSA) is 50.2 Å². The second-order valence-corrected chi connectivity index (χ2v) is 7.96. The van der Waals surface area contributed by atoms with Crippen LogP contribution < -0.4 is 10.9 Å². The number of likely N-dealkylation sites (tertiary alicyclic amines) is 1. The molecule has 30 heavy (non-hydrogen) atoms. The van der Waals surface area contributed by atoms with Gasteiger partial charge in [-0.15, -0.1) is 0 Å². The standard InChI is InChI=1S/C23H26F2N4O/c1-16-2-3-17(12-20(16)25)14-26-19-6-8-28(9-7-19)10-11-29-22-13-18(24)4-5-21(22)27-15-23(29)30/h2-5,12-13,15,19,26H,6-11,14H2,1H3. The van der Waals surface area contributed by atoms with Crippen LogP contribution in [0.5, 0.6) is 0 Å². The molecule has 0 amide bonds. The molecule has 1 aliphatic heterocycles. The molecule has 0 aliphatic carbocycles. The Morgan fingerprint density at radius 2 is 1.90 bits per heavy atom. The maximum absolute atomic E-state index is 13.7. The molecule has 0 radical (unpaired) electrons. The maximum Gasteiger partial charge on any atom is 0.269 e. The molecule has 0 saturated carbocycles. The fourth-order valence-electron chi connectivity index (χ4n) is 3.98. The van der Waals surface area contributed by atoms with Crippen LogP contribution in [-0.2, 0) is 13.1 Å². The fourth-order valence-corrected chi connectivity index (χ4v) is 3.98. The Labute approximate surface area is 174 Å². The molecule has 4 rings (SSSR count). The highest BCUT2D eigenvalue weighted by molar-refractivity contribution is 5.74. The van der Waals surface area contributed by atoms with Crippen LogP contribution in [0.15, 0.2) is 47.4 Å². The summed E-state index contributed by atoms with van der Waals surface area (Å²) in [6.45, 7) is 5.50. The second-order valence-electron chi connectivity index (χ2n) is 7.96. The Bertz CT molecular complexity index is 1090. The number of nitrogens with zero attached hydrogens (tertiary/aromatic N) is 3. The van der Waals surface area contributed by atoms with Crippen molar-refractivity contribution in [1.82, 2.24) is 19.8 Å². The van der Waals surface area contributed by atoms with E-state index in [-0.39, 0.29) is 17.2 Å². The highest BCUT2D eigenvalue weighted by atomic mass is 19.1. The lowest BCUT2D eigenvalue weighted by Gasteiger charge is -2.32. The molecule has 2 aromatic carbocycles. The summed E-state index contributed by atoms with van der Waals surface area (Å²) < 4.78 is 28.9. The monoisotopic (exact) mass is 412 g/mol. The molecule has 1 aliphatic rings. The number of fused-ring (bicyclic) bond motifs is 1. The third kappa shape index (κ3) is 4.74. The lowest BCUT2D eigenvalue weighted by atomic mass is 10.0. The van der Waals surface area contributed by atoms with E-state index >= 15 is 0 Å². The Kier molecular flexibility index (Phi) is 6.20. The van der Waals surface area contributed by atoms with Crippen LogP contribution in [0.25, 0.3) is 11.0 Å². The summed E-state index contributed by atoms with van der Waals surface area (Å²) >= 11 is 0. The number of rotatable bonds is 6. The molecule has 158 valence electrons. The molecule has 1 N–H and O–H groups in total. The Balaban J connectivity index is 1.30. The van der Waals surface area contributed by atoms with Gasteiger partial charge in [0.2, 0.25) is 0 Å². The van der Waals surface area contributed by atoms with E-state index in [0.29, 0.717) is 35.7 Å². The van der Waals surface area contributed by atoms with E-state index in [0.717, 1.165) is 38.0 Å². The fraction of sp³-hybridized carbons (Fsp3) is 0.391. The van der Waals surface area contributed by atoms with Gasteiger partial charge in [0, 0.05) is 25.7 Å². The van der Waals surface area contributed by atoms with Crippen molar-refractivity contribution < 1.29 is 8.78 Å². The number of aryl methyl sites for hydroxylation is 1. The van der Waals surface area contributed by atoms with E-state index in [2.05, 4.69) is 15.2 Å². The van der Waals surface area contributed by atoms with Gasteiger partial charge in [-0.05, 0) is 68.2 Å². The third-order valence-electron chi connectivity index (χ3n) is 5.87. The van der Waals surface area contributed by atoms with E-state index < -0.39 is 0 Å². The zero-order valence-electron chi connectivity index (χ0n) is 17.1. The molecule has 3 aromatic rings. The summed E-state index contributed by atoms with van der Waals surface area (Å²) in [5, 5.41) is 3.52. The van der Waals surface area contributed by atoms with Gasteiger partial charge in [-0.25, -0.2) is 13.8 Å². The van der Waals surface area contributed by atoms with Gasteiger partial charge in [-0.3, -0.25) is 4.79 Å². The molecule has 0 unspecified atom stereocenters. The van der Waals surface area contributed by atoms with Gasteiger partial charge in [0.25, 0.3) is 5.56 Å². The van der Waals surface area contributed by atoms with Crippen molar-refractivity contribution >= 4 is 11.0 Å². The smallest absolute Gasteiger partial charge is 0.269 e. The molecule has 1 fully saturated rings. The number of piperidine rings is 1. The molecule has 0 bridgehead atoms. The first-order valence-corrected chi connectivity index (χ1v) is 10.4. The molecular formula is C23H26F2N4O. The van der Waals surface area contributed by atoms with E-state index in [9.17, 15) is 13.6 Å². The van der Waals surface area contributed by atoms with Crippen molar-refractivity contribution in [3.8, 4) is 0 Å². The maximum atomic E-state index is 13.7. The molecule has 0 spiro atoms. The quantitative estimate of drug-likeness (QED) is 0.675. The highest BCUT2D eigenvalue weighted by Gasteiger charge is 2.19. The number of aromatic nitrogens is 2. The van der Waals surface area contributed by atoms with Gasteiger partial charge in [-0.2, -0.15) is 0 Å². The average Bonchev–Trinajstić information content (AvgIpc) is 2.74. The third-order valence-corrected chi connectivity index (χ3v) is 5.87. The zero-order valence-corrected chi connectivity index (χ0v) is 17.1. The molecular weight excluding hydrogens is 386 g/mol. The van der Waals surface area contributed by atoms with Crippen LogP contribution in [0.1, 0.15) is 24.0 Å². The van der Waals surface area contributed by atoms with E-state index in [1.807, 2.05) is 12.1 Å². The molecule has 1 saturated heterocycles. The first kappa shape index (κ1) is 20.6. The number of benzene rings is 2. The van der Waals surface area contributed by atoms with E-state index in [1.54, 1.807) is 23.6 Å². The minimum atomic E-state index is -0.371. The second kappa shape index (κ2) is 9.02. The van der Waals surface area contributed by atoms with Gasteiger partial charge in [-0.1, -0.05) is 12.1 Å². The van der Waals surface area contributed by atoms with Crippen LogP contribution >= 0.6 is 0 Å². The van der Waals surface area contributed by atoms with Gasteiger partial charge >= 0.3 is 0 Å². The summed E-state index contributed by atoms with van der Waals surface area (Å²) in [4.78, 5) is 18.7. The van der Waals surface area contributed by atoms with Crippen LogP contribution in [0, 0.1) is 18.6 Å². The molecule has 2 heterocycles. The molecule has 5 nitrogen and oxygen atoms in total. The van der Waals surface area contributed by atoms with Crippen molar-refractivity contribution in [2.45, 2.75) is 38.9 Å². The van der Waals surface area contributed by atoms with Crippen LogP contribution in [0.3, 0.4) is 0 Å². The normalized spacial score (nSPS) is 15.7. The van der Waals surface area contributed by atoms with Crippen molar-refractivity contribution in [2.24, 2.45) is 0 Å². The SMILES string of the molecule is Cc1ccc(CNC2CCN(CCn3c(=O)cnc4ccc(F)cc43)CC2)cc1F. The Morgan fingerprint density at radius 3 is 2.67 bits per heavy atom. The largest absolute Gasteiger partial charge is 0.310 e. The van der Waals surface area contributed by atoms with Crippen LogP contribution in [-0.4, -0.2) is 40.1 Å². The summed E-state index contributed by atoms with van der Waals surface area (Å²) in [6.07, 6.45) is 3.29. The summed E-state index contributed by atoms with van der Waals surface area (Å²) in [7, 11) is 0. The van der Waals surface area contributed by atoms with Gasteiger partial charge in [0.15, 0.2) is 0 Å². The van der Waals surface area contributed by atoms with E-state index in [4.69, 9.17) is 0 Å². The van der Waals surface area contributed by atoms with Gasteiger partial charge < -0.3 is 14.8 Å². The highest BCUT2D eigenvalue weighted by Crippen LogP contribution is 2.15. The lowest BCUT2D eigenvalue weighted by Crippen LogP contribution is -2.43. The first-order chi connectivity index (χ1) is 14.5. The number of halogens is 2. The summed E-state index contributed by atoms with van der Waals surface area (Å²) in [5.74, 6) is -0.535. The number of hydrogen-bond donors (Lipinski definition) is 1. The lowest BCUT2D eigenvalue weighted by molar-refractivity contribution is 0.191. The van der Waals surface area contributed by atoms with Crippen molar-refractivity contribution in [2.75, 3.05) is 19.6 Å². The minimum Gasteiger partial charge on any atom is -0.310 e. The van der Waals surface area contributed by atoms with Crippen LogP contribution in [0.4, 0.5) is 8.78 Å². The molecule has 0 atom stereocenters. The summed E-state index contributed by atoms with van der Waals surface area (Å²) in [6, 6.07) is 10.1. The van der Waals surface area contributed by atoms with Crippen molar-refractivity contribution in [1.29, 1.82) is 0 Å². The Hall–Kier alpha value is -2.64.